The average molecular weight is 284 g/mol. The van der Waals surface area contributed by atoms with Crippen LogP contribution in [0.5, 0.6) is 6.01 Å². The van der Waals surface area contributed by atoms with Crippen LogP contribution >= 0.6 is 0 Å². The van der Waals surface area contributed by atoms with Crippen molar-refractivity contribution >= 4 is 5.97 Å². The summed E-state index contributed by atoms with van der Waals surface area (Å²) in [5.41, 5.74) is -0.745. The zero-order chi connectivity index (χ0) is 14.4. The quantitative estimate of drug-likeness (QED) is 0.601. The Morgan fingerprint density at radius 2 is 2.35 bits per heavy atom. The molecule has 20 heavy (non-hydrogen) atoms. The van der Waals surface area contributed by atoms with Gasteiger partial charge in [-0.1, -0.05) is 0 Å². The van der Waals surface area contributed by atoms with Crippen LogP contribution in [0.1, 0.15) is 16.7 Å². The Labute approximate surface area is 112 Å². The molecule has 1 saturated heterocycles. The number of esters is 1. The molecule has 1 aromatic heterocycles. The number of methoxy groups -OCH3 is 1. The van der Waals surface area contributed by atoms with Crippen LogP contribution in [0.25, 0.3) is 0 Å². The number of hydrogen-bond acceptors (Lipinski definition) is 8. The molecule has 9 heteroatoms. The monoisotopic (exact) mass is 284 g/mol. The minimum absolute atomic E-state index is 0.0826. The Bertz CT molecular complexity index is 613. The number of nitrogens with zero attached hydrogens (tertiary/aromatic N) is 2. The van der Waals surface area contributed by atoms with E-state index in [-0.39, 0.29) is 11.7 Å². The van der Waals surface area contributed by atoms with Crippen LogP contribution in [0.3, 0.4) is 0 Å². The number of rotatable bonds is 2. The molecule has 0 amide bonds. The third kappa shape index (κ3) is 1.71. The van der Waals surface area contributed by atoms with Crippen molar-refractivity contribution in [3.63, 3.8) is 0 Å². The molecule has 2 aliphatic rings. The third-order valence-electron chi connectivity index (χ3n) is 3.31. The molecule has 0 aliphatic carbocycles. The first-order chi connectivity index (χ1) is 9.56. The third-order valence-corrected chi connectivity index (χ3v) is 3.31. The van der Waals surface area contributed by atoms with Gasteiger partial charge in [-0.25, -0.2) is 4.79 Å². The first-order valence-corrected chi connectivity index (χ1v) is 5.89. The van der Waals surface area contributed by atoms with Crippen molar-refractivity contribution in [1.82, 2.24) is 9.55 Å². The van der Waals surface area contributed by atoms with Gasteiger partial charge in [0.2, 0.25) is 0 Å². The number of aliphatic hydroxyl groups is 2. The minimum atomic E-state index is -1.09. The molecule has 3 heterocycles. The van der Waals surface area contributed by atoms with Gasteiger partial charge in [-0.2, -0.15) is 4.98 Å². The van der Waals surface area contributed by atoms with Crippen molar-refractivity contribution < 1.29 is 29.2 Å². The first kappa shape index (κ1) is 13.0. The van der Waals surface area contributed by atoms with Crippen molar-refractivity contribution in [3.05, 3.63) is 22.1 Å². The van der Waals surface area contributed by atoms with Gasteiger partial charge in [0, 0.05) is 6.07 Å². The molecule has 0 bridgehead atoms. The molecule has 9 nitrogen and oxygen atoms in total. The molecule has 0 spiro atoms. The smallest absolute Gasteiger partial charge is 0.355 e. The summed E-state index contributed by atoms with van der Waals surface area (Å²) in [5, 5.41) is 19.0. The molecular formula is C11H12N2O7. The second-order valence-corrected chi connectivity index (χ2v) is 4.44. The lowest BCUT2D eigenvalue weighted by Gasteiger charge is -2.15. The summed E-state index contributed by atoms with van der Waals surface area (Å²) in [6.45, 7) is -0.395. The highest BCUT2D eigenvalue weighted by Gasteiger charge is 2.52. The van der Waals surface area contributed by atoms with E-state index in [4.69, 9.17) is 14.6 Å². The molecule has 0 radical (unpaired) electrons. The van der Waals surface area contributed by atoms with Gasteiger partial charge in [-0.3, -0.25) is 9.36 Å². The Hall–Kier alpha value is -1.97. The number of ether oxygens (including phenoxy) is 3. The maximum atomic E-state index is 11.7. The van der Waals surface area contributed by atoms with Gasteiger partial charge in [-0.05, 0) is 0 Å². The van der Waals surface area contributed by atoms with Gasteiger partial charge < -0.3 is 24.4 Å². The van der Waals surface area contributed by atoms with Crippen LogP contribution in [-0.2, 0) is 9.47 Å². The normalized spacial score (nSPS) is 30.6. The SMILES string of the molecule is COC(=O)c1cc(=O)nc2n1[C@@H]1O[C@H](CO)[C@@H](O)[C@@H]1O2. The van der Waals surface area contributed by atoms with E-state index in [0.29, 0.717) is 0 Å². The fraction of sp³-hybridized carbons (Fsp3) is 0.545. The molecule has 1 fully saturated rings. The van der Waals surface area contributed by atoms with Gasteiger partial charge in [0.25, 0.3) is 5.56 Å². The van der Waals surface area contributed by atoms with E-state index in [1.54, 1.807) is 0 Å². The van der Waals surface area contributed by atoms with Crippen molar-refractivity contribution in [1.29, 1.82) is 0 Å². The predicted molar refractivity (Wildman–Crippen MR) is 61.3 cm³/mol. The highest BCUT2D eigenvalue weighted by atomic mass is 16.6. The molecule has 0 saturated carbocycles. The van der Waals surface area contributed by atoms with E-state index in [1.165, 1.54) is 11.7 Å². The fourth-order valence-corrected chi connectivity index (χ4v) is 2.39. The minimum Gasteiger partial charge on any atom is -0.464 e. The van der Waals surface area contributed by atoms with Crippen LogP contribution in [0.2, 0.25) is 0 Å². The van der Waals surface area contributed by atoms with Gasteiger partial charge in [0.15, 0.2) is 12.3 Å². The summed E-state index contributed by atoms with van der Waals surface area (Å²) in [6, 6.07) is 0.881. The number of aromatic nitrogens is 2. The van der Waals surface area contributed by atoms with Crippen molar-refractivity contribution in [2.75, 3.05) is 13.7 Å². The highest BCUT2D eigenvalue weighted by molar-refractivity contribution is 5.87. The van der Waals surface area contributed by atoms with Crippen LogP contribution in [-0.4, -0.2) is 57.8 Å². The average Bonchev–Trinajstić information content (AvgIpc) is 2.93. The summed E-state index contributed by atoms with van der Waals surface area (Å²) in [6.07, 6.45) is -3.61. The van der Waals surface area contributed by atoms with Crippen LogP contribution in [0.15, 0.2) is 10.9 Å². The van der Waals surface area contributed by atoms with Gasteiger partial charge in [0.1, 0.15) is 17.9 Å². The van der Waals surface area contributed by atoms with E-state index in [2.05, 4.69) is 9.72 Å². The second-order valence-electron chi connectivity index (χ2n) is 4.44. The summed E-state index contributed by atoms with van der Waals surface area (Å²) >= 11 is 0. The highest BCUT2D eigenvalue weighted by Crippen LogP contribution is 2.39. The standard InChI is InChI=1S/C11H12N2O7/c1-18-10(17)4-2-6(15)12-11-13(4)9-8(20-11)7(16)5(3-14)19-9/h2,5,7-9,14,16H,3H2,1H3/t5-,7-,8+,9-/m1/s1. The summed E-state index contributed by atoms with van der Waals surface area (Å²) in [7, 11) is 1.17. The lowest BCUT2D eigenvalue weighted by atomic mass is 10.1. The predicted octanol–water partition coefficient (Wildman–Crippen LogP) is -1.96. The van der Waals surface area contributed by atoms with Crippen LogP contribution in [0, 0.1) is 0 Å². The number of carbonyl (C=O) groups excluding carboxylic acids is 1. The van der Waals surface area contributed by atoms with E-state index < -0.39 is 42.7 Å². The van der Waals surface area contributed by atoms with Crippen LogP contribution < -0.4 is 10.3 Å². The Balaban J connectivity index is 2.09. The Kier molecular flexibility index (Phi) is 2.96. The molecule has 4 atom stereocenters. The molecule has 2 N–H and O–H groups in total. The topological polar surface area (TPSA) is 120 Å². The number of hydrogen-bond donors (Lipinski definition) is 2. The zero-order valence-electron chi connectivity index (χ0n) is 10.4. The van der Waals surface area contributed by atoms with Gasteiger partial charge in [0.05, 0.1) is 13.7 Å². The second kappa shape index (κ2) is 4.54. The Morgan fingerprint density at radius 1 is 1.60 bits per heavy atom. The molecule has 0 aromatic carbocycles. The van der Waals surface area contributed by atoms with E-state index in [0.717, 1.165) is 6.07 Å². The van der Waals surface area contributed by atoms with E-state index in [9.17, 15) is 14.7 Å². The van der Waals surface area contributed by atoms with Crippen molar-refractivity contribution in [3.8, 4) is 6.01 Å². The largest absolute Gasteiger partial charge is 0.464 e. The van der Waals surface area contributed by atoms with Gasteiger partial charge >= 0.3 is 12.0 Å². The van der Waals surface area contributed by atoms with Crippen LogP contribution in [0.4, 0.5) is 0 Å². The Morgan fingerprint density at radius 3 is 3.00 bits per heavy atom. The summed E-state index contributed by atoms with van der Waals surface area (Å²) in [4.78, 5) is 26.8. The molecule has 3 rings (SSSR count). The molecule has 108 valence electrons. The fourth-order valence-electron chi connectivity index (χ4n) is 2.39. The van der Waals surface area contributed by atoms with E-state index >= 15 is 0 Å². The molecular weight excluding hydrogens is 272 g/mol. The maximum absolute atomic E-state index is 11.7. The van der Waals surface area contributed by atoms with Crippen molar-refractivity contribution in [2.24, 2.45) is 0 Å². The zero-order valence-corrected chi connectivity index (χ0v) is 10.4. The lowest BCUT2D eigenvalue weighted by molar-refractivity contribution is -0.0443. The molecule has 0 unspecified atom stereocenters. The molecule has 2 aliphatic heterocycles. The van der Waals surface area contributed by atoms with E-state index in [1.807, 2.05) is 0 Å². The maximum Gasteiger partial charge on any atom is 0.355 e. The number of fused-ring (bicyclic) bond motifs is 3. The number of carbonyl (C=O) groups is 1. The number of aliphatic hydroxyl groups excluding tert-OH is 2. The molecule has 1 aromatic rings. The summed E-state index contributed by atoms with van der Waals surface area (Å²) < 4.78 is 16.6. The van der Waals surface area contributed by atoms with Crippen molar-refractivity contribution in [2.45, 2.75) is 24.5 Å². The van der Waals surface area contributed by atoms with Gasteiger partial charge in [-0.15, -0.1) is 0 Å². The first-order valence-electron chi connectivity index (χ1n) is 5.89. The lowest BCUT2D eigenvalue weighted by Crippen LogP contribution is -2.34. The summed E-state index contributed by atoms with van der Waals surface area (Å²) in [5.74, 6) is -0.750.